The van der Waals surface area contributed by atoms with Crippen molar-refractivity contribution in [1.29, 1.82) is 1.43 Å². The summed E-state index contributed by atoms with van der Waals surface area (Å²) in [6, 6.07) is 17.2. The number of carbonyl (C=O) groups excluding carboxylic acids is 1. The van der Waals surface area contributed by atoms with Crippen molar-refractivity contribution in [2.75, 3.05) is 0 Å². The third kappa shape index (κ3) is 13.9. The summed E-state index contributed by atoms with van der Waals surface area (Å²) in [4.78, 5) is 11.6. The Kier molecular flexibility index (Phi) is 12.6. The summed E-state index contributed by atoms with van der Waals surface area (Å²) in [7, 11) is -11.7. The molecule has 0 heterocycles. The Hall–Kier alpha value is -1.37. The minimum atomic E-state index is -2.75. The average Bonchev–Trinajstić information content (AvgIpc) is 2.81. The van der Waals surface area contributed by atoms with Crippen LogP contribution in [0, 0.1) is 0 Å². The number of carbonyl (C=O) groups is 1. The first-order chi connectivity index (χ1) is 19.7. The number of hydrogen-bond acceptors (Lipinski definition) is 7. The molecule has 0 aliphatic heterocycles. The van der Waals surface area contributed by atoms with Gasteiger partial charge in [-0.1, -0.05) is 36.4 Å². The van der Waals surface area contributed by atoms with E-state index in [1.54, 1.807) is 0 Å². The molecule has 0 spiro atoms. The number of aryl methyl sites for hydroxylation is 2. The van der Waals surface area contributed by atoms with Crippen molar-refractivity contribution in [2.45, 2.75) is 110 Å². The van der Waals surface area contributed by atoms with Gasteiger partial charge in [0.1, 0.15) is 11.5 Å². The smallest absolute Gasteiger partial charge is 0.317 e. The molecule has 0 radical (unpaired) electrons. The molecule has 42 heavy (non-hydrogen) atoms. The molecule has 0 bridgehead atoms. The van der Waals surface area contributed by atoms with Crippen LogP contribution in [0.1, 0.15) is 30.9 Å². The van der Waals surface area contributed by atoms with E-state index in [0.717, 1.165) is 48.9 Å². The van der Waals surface area contributed by atoms with E-state index in [1.165, 1.54) is 6.92 Å². The lowest BCUT2D eigenvalue weighted by Gasteiger charge is -2.43. The van der Waals surface area contributed by atoms with Gasteiger partial charge >= 0.3 is 31.7 Å². The SMILES string of the molecule is [3H]Oc1ccccc1CCC[Si](C)(C)O[Si](C)(C)O[Si](C)(CCCc1ccccc1OC(C)=O)O[Si](C)(C)O[Si](C)(C)C. The van der Waals surface area contributed by atoms with Gasteiger partial charge in [-0.15, -0.1) is 0 Å². The van der Waals surface area contributed by atoms with E-state index in [1.807, 2.05) is 48.5 Å². The predicted octanol–water partition coefficient (Wildman–Crippen LogP) is 8.46. The number of benzene rings is 2. The van der Waals surface area contributed by atoms with E-state index in [0.29, 0.717) is 11.5 Å². The van der Waals surface area contributed by atoms with Crippen molar-refractivity contribution in [3.05, 3.63) is 59.7 Å². The zero-order valence-electron chi connectivity index (χ0n) is 28.7. The Bertz CT molecular complexity index is 1190. The molecule has 2 aromatic rings. The second-order valence-corrected chi connectivity index (χ2v) is 33.6. The standard InChI is InChI=1S/C30H54O7Si5/c1-26(31)33-30-23-15-13-19-28(30)21-17-25-42(11,36-40(7,8)34-38(2,3)4)37-41(9,10)35-39(5,6)24-16-20-27-18-12-14-22-29(27)32/h12-15,18-19,22-23,32H,16-17,20-21,24-25H2,1-11H3/i/hT. The fourth-order valence-corrected chi connectivity index (χ4v) is 29.9. The average molecular weight is 669 g/mol. The Labute approximate surface area is 261 Å². The number of hydrogen-bond donors (Lipinski definition) is 1. The van der Waals surface area contributed by atoms with Crippen LogP contribution in [0.25, 0.3) is 0 Å². The van der Waals surface area contributed by atoms with Gasteiger partial charge in [0.15, 0.2) is 16.6 Å². The van der Waals surface area contributed by atoms with Crippen molar-refractivity contribution in [3.8, 4) is 11.5 Å². The number of para-hydroxylation sites is 2. The third-order valence-electron chi connectivity index (χ3n) is 6.50. The molecule has 0 aliphatic rings. The zero-order valence-corrected chi connectivity index (χ0v) is 32.7. The van der Waals surface area contributed by atoms with Gasteiger partial charge in [0.25, 0.3) is 1.43 Å². The highest BCUT2D eigenvalue weighted by Gasteiger charge is 2.47. The maximum Gasteiger partial charge on any atom is 0.317 e. The lowest BCUT2D eigenvalue weighted by atomic mass is 10.1. The number of esters is 1. The lowest BCUT2D eigenvalue weighted by molar-refractivity contribution is -0.131. The minimum Gasteiger partial charge on any atom is -0.508 e. The van der Waals surface area contributed by atoms with Crippen molar-refractivity contribution in [2.24, 2.45) is 0 Å². The molecule has 236 valence electrons. The molecule has 7 nitrogen and oxygen atoms in total. The van der Waals surface area contributed by atoms with Crippen LogP contribution in [0.5, 0.6) is 11.5 Å². The van der Waals surface area contributed by atoms with Crippen LogP contribution in [-0.4, -0.2) is 54.8 Å². The van der Waals surface area contributed by atoms with E-state index in [9.17, 15) is 4.79 Å². The molecule has 0 aliphatic carbocycles. The van der Waals surface area contributed by atoms with Crippen LogP contribution in [0.2, 0.25) is 77.6 Å². The van der Waals surface area contributed by atoms with Gasteiger partial charge < -0.3 is 26.3 Å². The predicted molar refractivity (Wildman–Crippen MR) is 184 cm³/mol. The Morgan fingerprint density at radius 2 is 1.24 bits per heavy atom. The van der Waals surface area contributed by atoms with Crippen molar-refractivity contribution < 1.29 is 31.1 Å². The van der Waals surface area contributed by atoms with Crippen LogP contribution in [0.4, 0.5) is 0 Å². The molecule has 12 heteroatoms. The Morgan fingerprint density at radius 1 is 0.714 bits per heavy atom. The number of phenols is 1. The van der Waals surface area contributed by atoms with E-state index in [-0.39, 0.29) is 5.97 Å². The highest BCUT2D eigenvalue weighted by molar-refractivity contribution is 6.90. The van der Waals surface area contributed by atoms with Crippen molar-refractivity contribution in [3.63, 3.8) is 0 Å². The lowest BCUT2D eigenvalue weighted by Crippen LogP contribution is -2.59. The summed E-state index contributed by atoms with van der Waals surface area (Å²) < 4.78 is 40.3. The molecule has 1 unspecified atom stereocenters. The highest BCUT2D eigenvalue weighted by Crippen LogP contribution is 2.32. The molecule has 1 N–H and O–H groups in total. The van der Waals surface area contributed by atoms with Crippen LogP contribution in [0.3, 0.4) is 0 Å². The first-order valence-electron chi connectivity index (χ1n) is 15.4. The monoisotopic (exact) mass is 668 g/mol. The summed E-state index contributed by atoms with van der Waals surface area (Å²) in [5, 5.41) is 4.80. The second kappa shape index (κ2) is 15.1. The van der Waals surface area contributed by atoms with Gasteiger partial charge in [0.2, 0.25) is 0 Å². The summed E-state index contributed by atoms with van der Waals surface area (Å²) >= 11 is 0. The van der Waals surface area contributed by atoms with Gasteiger partial charge in [-0.2, -0.15) is 0 Å². The topological polar surface area (TPSA) is 83.5 Å². The first-order valence-corrected chi connectivity index (χ1v) is 29.7. The Balaban J connectivity index is 2.16. The van der Waals surface area contributed by atoms with Gasteiger partial charge in [-0.05, 0) is 127 Å². The van der Waals surface area contributed by atoms with Gasteiger partial charge in [0, 0.05) is 6.92 Å². The molecule has 2 aromatic carbocycles. The van der Waals surface area contributed by atoms with E-state index >= 15 is 0 Å². The molecule has 0 amide bonds. The van der Waals surface area contributed by atoms with E-state index in [2.05, 4.69) is 65.5 Å². The van der Waals surface area contributed by atoms with Gasteiger partial charge in [0.05, 0.1) is 0 Å². The molecule has 0 saturated carbocycles. The summed E-state index contributed by atoms with van der Waals surface area (Å²) in [6.45, 7) is 23.2. The number of rotatable bonds is 18. The summed E-state index contributed by atoms with van der Waals surface area (Å²) in [5.41, 5.74) is 2.05. The van der Waals surface area contributed by atoms with Crippen LogP contribution in [0.15, 0.2) is 48.5 Å². The second-order valence-electron chi connectivity index (χ2n) is 13.7. The van der Waals surface area contributed by atoms with Crippen LogP contribution >= 0.6 is 0 Å². The van der Waals surface area contributed by atoms with Gasteiger partial charge in [-0.25, -0.2) is 0 Å². The minimum absolute atomic E-state index is 0.319. The zero-order chi connectivity index (χ0) is 32.5. The third-order valence-corrected chi connectivity index (χ3v) is 25.3. The highest BCUT2D eigenvalue weighted by atomic mass is 28.5. The maximum absolute atomic E-state index is 11.6. The van der Waals surface area contributed by atoms with Crippen molar-refractivity contribution in [1.82, 2.24) is 0 Å². The molecule has 0 saturated heterocycles. The van der Waals surface area contributed by atoms with Crippen LogP contribution < -0.4 is 4.74 Å². The Morgan fingerprint density at radius 3 is 1.83 bits per heavy atom. The largest absolute Gasteiger partial charge is 0.508 e. The van der Waals surface area contributed by atoms with E-state index < -0.39 is 42.3 Å². The maximum atomic E-state index is 11.6. The molecule has 1 atom stereocenters. The number of ether oxygens (including phenoxy) is 1. The fraction of sp³-hybridized carbons (Fsp3) is 0.567. The number of phenolic OH excluding ortho intramolecular Hbond substituents is 1. The molecule has 0 aromatic heterocycles. The first kappa shape index (κ1) is 35.1. The quantitative estimate of drug-likeness (QED) is 0.0969. The molecular formula is C30H54O7Si5. The molecule has 0 fully saturated rings. The number of aromatic hydroxyl groups is 1. The molecule has 2 rings (SSSR count). The van der Waals surface area contributed by atoms with E-state index in [4.69, 9.17) is 27.7 Å². The summed E-state index contributed by atoms with van der Waals surface area (Å²) in [5.74, 6) is 0.905. The van der Waals surface area contributed by atoms with Gasteiger partial charge in [-0.3, -0.25) is 4.79 Å². The normalized spacial score (nSPS) is 14.7. The molecular weight excluding hydrogens is 613 g/mol. The fourth-order valence-electron chi connectivity index (χ4n) is 5.64. The van der Waals surface area contributed by atoms with Crippen LogP contribution in [-0.2, 0) is 34.1 Å². The summed E-state index contributed by atoms with van der Waals surface area (Å²) in [6.07, 6.45) is 3.39. The van der Waals surface area contributed by atoms with Crippen molar-refractivity contribution >= 4 is 48.3 Å².